The minimum Gasteiger partial charge on any atom is -0.378 e. The maximum atomic E-state index is 13.2. The number of ether oxygens (including phenoxy) is 1. The molecule has 1 unspecified atom stereocenters. The van der Waals surface area contributed by atoms with Crippen LogP contribution in [0.1, 0.15) is 49.1 Å². The largest absolute Gasteiger partial charge is 0.378 e. The molecule has 2 heterocycles. The predicted octanol–water partition coefficient (Wildman–Crippen LogP) is 2.73. The van der Waals surface area contributed by atoms with Crippen LogP contribution in [0, 0.1) is 12.8 Å². The van der Waals surface area contributed by atoms with Crippen molar-refractivity contribution in [2.45, 2.75) is 51.0 Å². The Balaban J connectivity index is 1.44. The molecule has 5 heteroatoms. The van der Waals surface area contributed by atoms with Gasteiger partial charge in [0, 0.05) is 26.1 Å². The van der Waals surface area contributed by atoms with Gasteiger partial charge >= 0.3 is 0 Å². The van der Waals surface area contributed by atoms with Crippen LogP contribution in [0.25, 0.3) is 0 Å². The van der Waals surface area contributed by atoms with Gasteiger partial charge in [-0.05, 0) is 50.0 Å². The molecule has 27 heavy (non-hydrogen) atoms. The van der Waals surface area contributed by atoms with Crippen molar-refractivity contribution in [2.24, 2.45) is 5.92 Å². The Bertz CT molecular complexity index is 677. The Morgan fingerprint density at radius 3 is 2.44 bits per heavy atom. The highest BCUT2D eigenvalue weighted by Crippen LogP contribution is 2.45. The van der Waals surface area contributed by atoms with Gasteiger partial charge in [-0.25, -0.2) is 0 Å². The zero-order valence-electron chi connectivity index (χ0n) is 16.2. The lowest BCUT2D eigenvalue weighted by atomic mass is 9.90. The Labute approximate surface area is 161 Å². The number of hydrogen-bond donors (Lipinski definition) is 0. The average Bonchev–Trinajstić information content (AvgIpc) is 3.42. The second-order valence-corrected chi connectivity index (χ2v) is 8.24. The first-order valence-corrected chi connectivity index (χ1v) is 10.4. The summed E-state index contributed by atoms with van der Waals surface area (Å²) in [6, 6.07) is 8.34. The van der Waals surface area contributed by atoms with Crippen LogP contribution in [0.2, 0.25) is 0 Å². The summed E-state index contributed by atoms with van der Waals surface area (Å²) >= 11 is 0. The molecule has 0 N–H and O–H groups in total. The Kier molecular flexibility index (Phi) is 5.48. The number of morpholine rings is 1. The summed E-state index contributed by atoms with van der Waals surface area (Å²) in [6.07, 6.45) is 4.66. The highest BCUT2D eigenvalue weighted by atomic mass is 16.5. The van der Waals surface area contributed by atoms with Gasteiger partial charge in [-0.15, -0.1) is 0 Å². The normalized spacial score (nSPS) is 24.1. The third-order valence-electron chi connectivity index (χ3n) is 6.27. The first kappa shape index (κ1) is 18.5. The molecule has 146 valence electrons. The Morgan fingerprint density at radius 2 is 1.78 bits per heavy atom. The fourth-order valence-corrected chi connectivity index (χ4v) is 4.49. The van der Waals surface area contributed by atoms with E-state index < -0.39 is 0 Å². The molecule has 0 spiro atoms. The molecule has 2 atom stereocenters. The number of carbonyl (C=O) groups excluding carboxylic acids is 2. The molecule has 0 radical (unpaired) electrons. The van der Waals surface area contributed by atoms with Crippen molar-refractivity contribution in [2.75, 3.05) is 32.8 Å². The smallest absolute Gasteiger partial charge is 0.245 e. The van der Waals surface area contributed by atoms with E-state index in [2.05, 4.69) is 31.2 Å². The van der Waals surface area contributed by atoms with E-state index >= 15 is 0 Å². The number of likely N-dealkylation sites (tertiary alicyclic amines) is 1. The average molecular weight is 370 g/mol. The second kappa shape index (κ2) is 8.01. The van der Waals surface area contributed by atoms with Crippen LogP contribution in [0.5, 0.6) is 0 Å². The van der Waals surface area contributed by atoms with Crippen molar-refractivity contribution in [3.05, 3.63) is 35.4 Å². The number of benzene rings is 1. The molecule has 1 aliphatic carbocycles. The van der Waals surface area contributed by atoms with Gasteiger partial charge in [0.1, 0.15) is 6.04 Å². The minimum absolute atomic E-state index is 0.113. The summed E-state index contributed by atoms with van der Waals surface area (Å²) in [6.45, 7) is 5.29. The van der Waals surface area contributed by atoms with Crippen molar-refractivity contribution in [1.82, 2.24) is 9.80 Å². The quantitative estimate of drug-likeness (QED) is 0.801. The van der Waals surface area contributed by atoms with E-state index in [-0.39, 0.29) is 23.8 Å². The van der Waals surface area contributed by atoms with E-state index in [0.29, 0.717) is 45.2 Å². The van der Waals surface area contributed by atoms with Crippen LogP contribution >= 0.6 is 0 Å². The van der Waals surface area contributed by atoms with E-state index in [4.69, 9.17) is 4.74 Å². The monoisotopic (exact) mass is 370 g/mol. The second-order valence-electron chi connectivity index (χ2n) is 8.24. The van der Waals surface area contributed by atoms with Crippen LogP contribution in [0.15, 0.2) is 24.3 Å². The molecule has 0 bridgehead atoms. The van der Waals surface area contributed by atoms with Gasteiger partial charge in [0.2, 0.25) is 11.8 Å². The van der Waals surface area contributed by atoms with Crippen molar-refractivity contribution in [1.29, 1.82) is 0 Å². The van der Waals surface area contributed by atoms with Gasteiger partial charge < -0.3 is 14.5 Å². The van der Waals surface area contributed by atoms with Gasteiger partial charge in [-0.1, -0.05) is 29.8 Å². The molecule has 3 aliphatic rings. The van der Waals surface area contributed by atoms with Crippen LogP contribution in [0.3, 0.4) is 0 Å². The highest BCUT2D eigenvalue weighted by Gasteiger charge is 2.40. The first-order chi connectivity index (χ1) is 13.1. The first-order valence-electron chi connectivity index (χ1n) is 10.4. The molecule has 5 nitrogen and oxygen atoms in total. The van der Waals surface area contributed by atoms with E-state index in [1.165, 1.54) is 24.0 Å². The zero-order chi connectivity index (χ0) is 18.8. The van der Waals surface area contributed by atoms with Crippen LogP contribution in [-0.2, 0) is 14.3 Å². The highest BCUT2D eigenvalue weighted by molar-refractivity contribution is 5.88. The number of aryl methyl sites for hydroxylation is 1. The standard InChI is InChI=1S/C22H30N2O3/c1-16-4-6-17(7-5-16)19(18-8-9-18)15-21(25)24-10-2-3-20(24)22(26)23-11-13-27-14-12-23/h4-7,18-20H,2-3,8-15H2,1H3/t19?,20-/m1/s1. The summed E-state index contributed by atoms with van der Waals surface area (Å²) in [5, 5.41) is 0. The zero-order valence-corrected chi connectivity index (χ0v) is 16.2. The molecule has 3 fully saturated rings. The molecule has 4 rings (SSSR count). The summed E-state index contributed by atoms with van der Waals surface area (Å²) < 4.78 is 5.36. The van der Waals surface area contributed by atoms with Gasteiger partial charge in [-0.3, -0.25) is 9.59 Å². The third kappa shape index (κ3) is 4.18. The molecule has 0 aromatic heterocycles. The summed E-state index contributed by atoms with van der Waals surface area (Å²) in [5.74, 6) is 1.17. The van der Waals surface area contributed by atoms with Crippen LogP contribution in [-0.4, -0.2) is 60.5 Å². The van der Waals surface area contributed by atoms with Crippen molar-refractivity contribution in [3.63, 3.8) is 0 Å². The fraction of sp³-hybridized carbons (Fsp3) is 0.636. The van der Waals surface area contributed by atoms with Gasteiger partial charge in [-0.2, -0.15) is 0 Å². The molecule has 2 saturated heterocycles. The van der Waals surface area contributed by atoms with E-state index in [9.17, 15) is 9.59 Å². The Hall–Kier alpha value is -1.88. The van der Waals surface area contributed by atoms with E-state index in [1.807, 2.05) is 9.80 Å². The number of amides is 2. The molecule has 1 aromatic rings. The van der Waals surface area contributed by atoms with Gasteiger partial charge in [0.25, 0.3) is 0 Å². The molecular formula is C22H30N2O3. The van der Waals surface area contributed by atoms with E-state index in [0.717, 1.165) is 12.8 Å². The van der Waals surface area contributed by atoms with Crippen LogP contribution in [0.4, 0.5) is 0 Å². The topological polar surface area (TPSA) is 49.9 Å². The Morgan fingerprint density at radius 1 is 1.07 bits per heavy atom. The summed E-state index contributed by atoms with van der Waals surface area (Å²) in [5.41, 5.74) is 2.52. The summed E-state index contributed by atoms with van der Waals surface area (Å²) in [7, 11) is 0. The molecule has 2 amide bonds. The predicted molar refractivity (Wildman–Crippen MR) is 103 cm³/mol. The third-order valence-corrected chi connectivity index (χ3v) is 6.27. The minimum atomic E-state index is -0.270. The molecule has 1 saturated carbocycles. The van der Waals surface area contributed by atoms with E-state index in [1.54, 1.807) is 0 Å². The van der Waals surface area contributed by atoms with Gasteiger partial charge in [0.15, 0.2) is 0 Å². The molecule has 1 aromatic carbocycles. The van der Waals surface area contributed by atoms with Crippen molar-refractivity contribution >= 4 is 11.8 Å². The van der Waals surface area contributed by atoms with Gasteiger partial charge in [0.05, 0.1) is 13.2 Å². The maximum absolute atomic E-state index is 13.2. The number of carbonyl (C=O) groups is 2. The number of nitrogens with zero attached hydrogens (tertiary/aromatic N) is 2. The summed E-state index contributed by atoms with van der Waals surface area (Å²) in [4.78, 5) is 29.8. The SMILES string of the molecule is Cc1ccc(C(CC(=O)N2CCC[C@@H]2C(=O)N2CCOCC2)C2CC2)cc1. The molecular weight excluding hydrogens is 340 g/mol. The molecule has 2 aliphatic heterocycles. The van der Waals surface area contributed by atoms with Crippen LogP contribution < -0.4 is 0 Å². The lowest BCUT2D eigenvalue weighted by Gasteiger charge is -2.33. The fourth-order valence-electron chi connectivity index (χ4n) is 4.49. The lowest BCUT2D eigenvalue weighted by Crippen LogP contribution is -2.51. The van der Waals surface area contributed by atoms with Crippen molar-refractivity contribution < 1.29 is 14.3 Å². The van der Waals surface area contributed by atoms with Crippen molar-refractivity contribution in [3.8, 4) is 0 Å². The number of rotatable bonds is 5. The maximum Gasteiger partial charge on any atom is 0.245 e. The number of hydrogen-bond acceptors (Lipinski definition) is 3. The lowest BCUT2D eigenvalue weighted by molar-refractivity contribution is -0.146.